The van der Waals surface area contributed by atoms with Crippen molar-refractivity contribution in [2.75, 3.05) is 7.11 Å². The summed E-state index contributed by atoms with van der Waals surface area (Å²) in [6.07, 6.45) is 9.70. The lowest BCUT2D eigenvalue weighted by Crippen LogP contribution is -2.19. The van der Waals surface area contributed by atoms with Crippen LogP contribution < -0.4 is 0 Å². The summed E-state index contributed by atoms with van der Waals surface area (Å²) in [4.78, 5) is 11.4. The molecule has 3 nitrogen and oxygen atoms in total. The molecule has 3 heteroatoms. The lowest BCUT2D eigenvalue weighted by atomic mass is 9.89. The van der Waals surface area contributed by atoms with Crippen LogP contribution in [0.25, 0.3) is 0 Å². The summed E-state index contributed by atoms with van der Waals surface area (Å²) >= 11 is 0. The third-order valence-corrected chi connectivity index (χ3v) is 3.65. The van der Waals surface area contributed by atoms with Crippen LogP contribution >= 0.6 is 0 Å². The maximum Gasteiger partial charge on any atom is 0.308 e. The number of hydrogen-bond donors (Lipinski definition) is 0. The molecule has 2 atom stereocenters. The molecule has 0 saturated carbocycles. The molecule has 0 aromatic carbocycles. The number of esters is 1. The minimum absolute atomic E-state index is 0.0488. The highest BCUT2D eigenvalue weighted by molar-refractivity contribution is 5.72. The van der Waals surface area contributed by atoms with Gasteiger partial charge in [0.1, 0.15) is 0 Å². The zero-order valence-electron chi connectivity index (χ0n) is 10.6. The van der Waals surface area contributed by atoms with Crippen LogP contribution in [0.15, 0.2) is 23.5 Å². The minimum Gasteiger partial charge on any atom is -0.580 e. The molecule has 1 N–H and O–H groups in total. The van der Waals surface area contributed by atoms with Gasteiger partial charge in [-0.3, -0.25) is 4.79 Å². The summed E-state index contributed by atoms with van der Waals surface area (Å²) in [5, 5.41) is 0. The topological polar surface area (TPSA) is 39.1 Å². The van der Waals surface area contributed by atoms with Gasteiger partial charge in [-0.2, -0.15) is 0 Å². The Hall–Kier alpha value is -1.25. The van der Waals surface area contributed by atoms with E-state index in [2.05, 4.69) is 19.1 Å². The van der Waals surface area contributed by atoms with Gasteiger partial charge in [-0.15, -0.1) is 0 Å². The Labute approximate surface area is 102 Å². The standard InChI is InChI=1S/C14H20O3/c1-3-12-8-9-13(17-12)10-4-6-11(7-5-10)14(15)16-2/h4,9,11-12H,3,5-8H2,1-2H3/p+1. The Bertz CT molecular complexity index is 354. The molecule has 0 saturated heterocycles. The number of carbonyl (C=O) groups is 1. The monoisotopic (exact) mass is 237 g/mol. The highest BCUT2D eigenvalue weighted by Gasteiger charge is 2.29. The minimum atomic E-state index is -0.0796. The summed E-state index contributed by atoms with van der Waals surface area (Å²) in [5.74, 6) is 1.14. The molecule has 2 aliphatic rings. The maximum absolute atomic E-state index is 11.4. The summed E-state index contributed by atoms with van der Waals surface area (Å²) in [7, 11) is 1.46. The lowest BCUT2D eigenvalue weighted by Gasteiger charge is -2.19. The van der Waals surface area contributed by atoms with Crippen molar-refractivity contribution in [2.24, 2.45) is 5.92 Å². The average molecular weight is 237 g/mol. The number of allylic oxidation sites excluding steroid dienone is 2. The predicted molar refractivity (Wildman–Crippen MR) is 66.4 cm³/mol. The molecule has 1 aliphatic carbocycles. The van der Waals surface area contributed by atoms with Crippen LogP contribution in [0.4, 0.5) is 0 Å². The van der Waals surface area contributed by atoms with E-state index in [4.69, 9.17) is 9.47 Å². The average Bonchev–Trinajstić information content (AvgIpc) is 2.87. The molecule has 0 bridgehead atoms. The number of carbonyl (C=O) groups excluding carboxylic acids is 1. The van der Waals surface area contributed by atoms with E-state index < -0.39 is 0 Å². The Kier molecular flexibility index (Phi) is 3.87. The molecule has 0 fully saturated rings. The molecule has 1 aliphatic heterocycles. The quantitative estimate of drug-likeness (QED) is 0.559. The number of ether oxygens (including phenoxy) is 2. The fourth-order valence-electron chi connectivity index (χ4n) is 2.47. The van der Waals surface area contributed by atoms with Gasteiger partial charge in [0.15, 0.2) is 6.10 Å². The molecule has 0 spiro atoms. The van der Waals surface area contributed by atoms with Crippen LogP contribution in [0.3, 0.4) is 0 Å². The van der Waals surface area contributed by atoms with Crippen LogP contribution in [0, 0.1) is 5.92 Å². The summed E-state index contributed by atoms with van der Waals surface area (Å²) in [6, 6.07) is 0. The third kappa shape index (κ3) is 2.71. The fourth-order valence-corrected chi connectivity index (χ4v) is 2.47. The Morgan fingerprint density at radius 3 is 2.82 bits per heavy atom. The van der Waals surface area contributed by atoms with Crippen LogP contribution in [-0.4, -0.2) is 23.9 Å². The third-order valence-electron chi connectivity index (χ3n) is 3.65. The molecule has 94 valence electrons. The summed E-state index contributed by atoms with van der Waals surface area (Å²) in [5.41, 5.74) is 1.32. The van der Waals surface area contributed by atoms with E-state index in [9.17, 15) is 4.79 Å². The number of aliphatic hydroxyl groups is 2. The SMILES string of the molecule is CCC1CC=C(C2=CCC(C(=O)OC)CC2)[OH+]1. The second kappa shape index (κ2) is 5.39. The van der Waals surface area contributed by atoms with Crippen molar-refractivity contribution in [2.45, 2.75) is 45.1 Å². The molecule has 17 heavy (non-hydrogen) atoms. The van der Waals surface area contributed by atoms with Gasteiger partial charge in [-0.05, 0) is 19.3 Å². The van der Waals surface area contributed by atoms with Gasteiger partial charge < -0.3 is 9.47 Å². The van der Waals surface area contributed by atoms with E-state index in [1.807, 2.05) is 0 Å². The van der Waals surface area contributed by atoms with E-state index >= 15 is 0 Å². The van der Waals surface area contributed by atoms with Gasteiger partial charge in [-0.1, -0.05) is 13.0 Å². The fraction of sp³-hybridized carbons (Fsp3) is 0.643. The Morgan fingerprint density at radius 1 is 1.47 bits per heavy atom. The van der Waals surface area contributed by atoms with Crippen LogP contribution in [0.5, 0.6) is 0 Å². The van der Waals surface area contributed by atoms with E-state index in [0.29, 0.717) is 6.10 Å². The van der Waals surface area contributed by atoms with E-state index in [0.717, 1.165) is 32.1 Å². The van der Waals surface area contributed by atoms with Crippen molar-refractivity contribution >= 4 is 5.97 Å². The van der Waals surface area contributed by atoms with Crippen LogP contribution in [0.2, 0.25) is 0 Å². The first kappa shape index (κ1) is 12.2. The van der Waals surface area contributed by atoms with Crippen molar-refractivity contribution in [3.63, 3.8) is 0 Å². The smallest absolute Gasteiger partial charge is 0.308 e. The zero-order valence-corrected chi connectivity index (χ0v) is 10.6. The highest BCUT2D eigenvalue weighted by atomic mass is 16.5. The summed E-state index contributed by atoms with van der Waals surface area (Å²) < 4.78 is 9.48. The molecule has 0 aromatic rings. The van der Waals surface area contributed by atoms with E-state index in [-0.39, 0.29) is 11.9 Å². The van der Waals surface area contributed by atoms with Crippen LogP contribution in [0.1, 0.15) is 39.0 Å². The summed E-state index contributed by atoms with van der Waals surface area (Å²) in [6.45, 7) is 2.17. The largest absolute Gasteiger partial charge is 0.580 e. The molecule has 1 heterocycles. The van der Waals surface area contributed by atoms with Gasteiger partial charge in [0.25, 0.3) is 5.76 Å². The molecule has 2 rings (SSSR count). The van der Waals surface area contributed by atoms with Crippen molar-refractivity contribution in [1.82, 2.24) is 0 Å². The first-order chi connectivity index (χ1) is 8.24. The van der Waals surface area contributed by atoms with Crippen LogP contribution in [-0.2, 0) is 9.53 Å². The zero-order chi connectivity index (χ0) is 12.3. The van der Waals surface area contributed by atoms with Gasteiger partial charge in [0.05, 0.1) is 19.4 Å². The molecule has 0 amide bonds. The van der Waals surface area contributed by atoms with Gasteiger partial charge in [0, 0.05) is 18.1 Å². The normalized spacial score (nSPS) is 28.1. The molecular weight excluding hydrogens is 216 g/mol. The molecular formula is C14H21O3+. The van der Waals surface area contributed by atoms with Crippen molar-refractivity contribution < 1.29 is 14.3 Å². The number of methoxy groups -OCH3 is 1. The first-order valence-corrected chi connectivity index (χ1v) is 6.42. The van der Waals surface area contributed by atoms with Crippen molar-refractivity contribution in [3.05, 3.63) is 23.5 Å². The van der Waals surface area contributed by atoms with Crippen molar-refractivity contribution in [3.8, 4) is 0 Å². The van der Waals surface area contributed by atoms with Gasteiger partial charge in [0.2, 0.25) is 0 Å². The molecule has 2 unspecified atom stereocenters. The first-order valence-electron chi connectivity index (χ1n) is 6.42. The number of hydrogen-bond acceptors (Lipinski definition) is 2. The maximum atomic E-state index is 11.4. The highest BCUT2D eigenvalue weighted by Crippen LogP contribution is 2.32. The Morgan fingerprint density at radius 2 is 2.29 bits per heavy atom. The van der Waals surface area contributed by atoms with Gasteiger partial charge in [-0.25, -0.2) is 0 Å². The Balaban J connectivity index is 1.93. The van der Waals surface area contributed by atoms with Crippen molar-refractivity contribution in [1.29, 1.82) is 0 Å². The second-order valence-corrected chi connectivity index (χ2v) is 4.74. The molecule has 0 aromatic heterocycles. The second-order valence-electron chi connectivity index (χ2n) is 4.74. The predicted octanol–water partition coefficient (Wildman–Crippen LogP) is 2.48. The van der Waals surface area contributed by atoms with Gasteiger partial charge >= 0.3 is 5.97 Å². The molecule has 0 radical (unpaired) electrons. The number of rotatable bonds is 3. The van der Waals surface area contributed by atoms with E-state index in [1.54, 1.807) is 0 Å². The lowest BCUT2D eigenvalue weighted by molar-refractivity contribution is -0.145. The van der Waals surface area contributed by atoms with E-state index in [1.165, 1.54) is 18.4 Å².